The first-order chi connectivity index (χ1) is 6.70. The van der Waals surface area contributed by atoms with Crippen molar-refractivity contribution in [1.82, 2.24) is 0 Å². The zero-order valence-electron chi connectivity index (χ0n) is 7.25. The second-order valence-corrected chi connectivity index (χ2v) is 3.23. The highest BCUT2D eigenvalue weighted by Gasteiger charge is 1.95. The van der Waals surface area contributed by atoms with Crippen LogP contribution < -0.4 is 0 Å². The largest absolute Gasteiger partial charge is 0.449 e. The summed E-state index contributed by atoms with van der Waals surface area (Å²) in [7, 11) is 0. The van der Waals surface area contributed by atoms with Crippen molar-refractivity contribution in [3.63, 3.8) is 0 Å². The van der Waals surface area contributed by atoms with Crippen molar-refractivity contribution in [2.24, 2.45) is 0 Å². The third-order valence-corrected chi connectivity index (χ3v) is 1.30. The monoisotopic (exact) mass is 254 g/mol. The van der Waals surface area contributed by atoms with Gasteiger partial charge in [0.25, 0.3) is 0 Å². The molecule has 78 valence electrons. The molecule has 2 nitrogen and oxygen atoms in total. The lowest BCUT2D eigenvalue weighted by atomic mass is 10.2. The molecule has 0 aliphatic rings. The van der Waals surface area contributed by atoms with E-state index in [2.05, 4.69) is 4.74 Å². The van der Waals surface area contributed by atoms with Crippen molar-refractivity contribution in [1.29, 1.82) is 0 Å². The molecule has 1 aromatic carbocycles. The van der Waals surface area contributed by atoms with Gasteiger partial charge >= 0.3 is 5.43 Å². The smallest absolute Gasteiger partial charge is 0.404 e. The zero-order valence-corrected chi connectivity index (χ0v) is 9.52. The van der Waals surface area contributed by atoms with Gasteiger partial charge in [-0.15, -0.1) is 23.2 Å². The van der Waals surface area contributed by atoms with Crippen LogP contribution in [0, 0.1) is 0 Å². The first-order valence-corrected chi connectivity index (χ1v) is 5.13. The SMILES string of the molecule is ClCCl.O=C(Cl)OCc1ccccc1. The van der Waals surface area contributed by atoms with Crippen molar-refractivity contribution in [2.45, 2.75) is 6.61 Å². The summed E-state index contributed by atoms with van der Waals surface area (Å²) < 4.78 is 4.55. The molecule has 14 heavy (non-hydrogen) atoms. The Morgan fingerprint density at radius 2 is 1.71 bits per heavy atom. The van der Waals surface area contributed by atoms with Gasteiger partial charge in [0, 0.05) is 11.6 Å². The molecule has 0 amide bonds. The highest BCUT2D eigenvalue weighted by molar-refractivity contribution is 6.61. The summed E-state index contributed by atoms with van der Waals surface area (Å²) in [5, 5.41) is 0.194. The Bertz CT molecular complexity index is 251. The van der Waals surface area contributed by atoms with E-state index in [-0.39, 0.29) is 11.9 Å². The molecule has 0 spiro atoms. The molecule has 0 radical (unpaired) electrons. The van der Waals surface area contributed by atoms with Crippen molar-refractivity contribution in [2.75, 3.05) is 5.34 Å². The molecule has 0 aliphatic carbocycles. The van der Waals surface area contributed by atoms with Crippen LogP contribution in [-0.4, -0.2) is 10.8 Å². The zero-order chi connectivity index (χ0) is 10.8. The van der Waals surface area contributed by atoms with Gasteiger partial charge in [0.2, 0.25) is 0 Å². The maximum Gasteiger partial charge on any atom is 0.404 e. The molecular formula is C9H9Cl3O2. The summed E-state index contributed by atoms with van der Waals surface area (Å²) in [6.45, 7) is 0.239. The molecule has 0 atom stereocenters. The van der Waals surface area contributed by atoms with E-state index in [0.717, 1.165) is 5.56 Å². The molecule has 0 aromatic heterocycles. The number of rotatable bonds is 2. The van der Waals surface area contributed by atoms with Crippen LogP contribution in [0.1, 0.15) is 5.56 Å². The van der Waals surface area contributed by atoms with E-state index in [4.69, 9.17) is 34.8 Å². The van der Waals surface area contributed by atoms with Gasteiger partial charge in [0.15, 0.2) is 0 Å². The lowest BCUT2D eigenvalue weighted by molar-refractivity contribution is 0.167. The average molecular weight is 256 g/mol. The van der Waals surface area contributed by atoms with Crippen LogP contribution in [0.2, 0.25) is 0 Å². The van der Waals surface area contributed by atoms with Gasteiger partial charge in [-0.25, -0.2) is 4.79 Å². The average Bonchev–Trinajstić information content (AvgIpc) is 2.18. The Morgan fingerprint density at radius 1 is 1.21 bits per heavy atom. The lowest BCUT2D eigenvalue weighted by Crippen LogP contribution is -1.93. The van der Waals surface area contributed by atoms with Crippen molar-refractivity contribution >= 4 is 40.2 Å². The molecule has 1 aromatic rings. The standard InChI is InChI=1S/C8H7ClO2.CH2Cl2/c9-8(10)11-6-7-4-2-1-3-5-7;2-1-3/h1-5H,6H2;1H2. The van der Waals surface area contributed by atoms with E-state index >= 15 is 0 Å². The molecule has 1 rings (SSSR count). The number of alkyl halides is 2. The molecule has 0 saturated heterocycles. The fourth-order valence-corrected chi connectivity index (χ4v) is 0.769. The fourth-order valence-electron chi connectivity index (χ4n) is 0.714. The summed E-state index contributed by atoms with van der Waals surface area (Å²) in [6.07, 6.45) is 0. The van der Waals surface area contributed by atoms with Crippen LogP contribution in [0.4, 0.5) is 4.79 Å². The van der Waals surface area contributed by atoms with Gasteiger partial charge in [-0.1, -0.05) is 30.3 Å². The van der Waals surface area contributed by atoms with Crippen LogP contribution in [0.25, 0.3) is 0 Å². The molecule has 0 bridgehead atoms. The first kappa shape index (κ1) is 13.6. The summed E-state index contributed by atoms with van der Waals surface area (Å²) in [5.41, 5.74) is 0.162. The van der Waals surface area contributed by atoms with E-state index in [1.165, 1.54) is 0 Å². The Balaban J connectivity index is 0.000000500. The van der Waals surface area contributed by atoms with Gasteiger partial charge in [0.1, 0.15) is 6.61 Å². The molecule has 0 unspecified atom stereocenters. The first-order valence-electron chi connectivity index (χ1n) is 3.68. The van der Waals surface area contributed by atoms with Crippen LogP contribution >= 0.6 is 34.8 Å². The maximum absolute atomic E-state index is 10.2. The molecular weight excluding hydrogens is 246 g/mol. The summed E-state index contributed by atoms with van der Waals surface area (Å²) in [6, 6.07) is 9.36. The van der Waals surface area contributed by atoms with E-state index < -0.39 is 5.43 Å². The van der Waals surface area contributed by atoms with Crippen LogP contribution in [0.5, 0.6) is 0 Å². The van der Waals surface area contributed by atoms with E-state index in [0.29, 0.717) is 0 Å². The number of ether oxygens (including phenoxy) is 1. The summed E-state index contributed by atoms with van der Waals surface area (Å²) >= 11 is 14.5. The Morgan fingerprint density at radius 3 is 2.14 bits per heavy atom. The lowest BCUT2D eigenvalue weighted by Gasteiger charge is -1.98. The second kappa shape index (κ2) is 9.13. The second-order valence-electron chi connectivity index (χ2n) is 2.11. The van der Waals surface area contributed by atoms with Crippen LogP contribution in [-0.2, 0) is 11.3 Å². The van der Waals surface area contributed by atoms with Crippen LogP contribution in [0.15, 0.2) is 30.3 Å². The number of carbonyl (C=O) groups is 1. The Kier molecular flexibility index (Phi) is 8.84. The topological polar surface area (TPSA) is 26.3 Å². The van der Waals surface area contributed by atoms with Gasteiger partial charge in [-0.3, -0.25) is 0 Å². The van der Waals surface area contributed by atoms with Crippen molar-refractivity contribution in [3.8, 4) is 0 Å². The van der Waals surface area contributed by atoms with E-state index in [1.54, 1.807) is 0 Å². The third-order valence-electron chi connectivity index (χ3n) is 1.20. The fraction of sp³-hybridized carbons (Fsp3) is 0.222. The number of hydrogen-bond donors (Lipinski definition) is 0. The Hall–Kier alpha value is -0.440. The minimum Gasteiger partial charge on any atom is -0.449 e. The van der Waals surface area contributed by atoms with Gasteiger partial charge in [0.05, 0.1) is 5.34 Å². The van der Waals surface area contributed by atoms with E-state index in [9.17, 15) is 4.79 Å². The predicted octanol–water partition coefficient (Wildman–Crippen LogP) is 3.98. The summed E-state index contributed by atoms with van der Waals surface area (Å²) in [5.74, 6) is 0. The minimum atomic E-state index is -0.770. The van der Waals surface area contributed by atoms with E-state index in [1.807, 2.05) is 30.3 Å². The number of halogens is 3. The summed E-state index contributed by atoms with van der Waals surface area (Å²) in [4.78, 5) is 10.2. The number of carbonyl (C=O) groups excluding carboxylic acids is 1. The Labute approximate surface area is 97.7 Å². The number of hydrogen-bond acceptors (Lipinski definition) is 2. The molecule has 0 fully saturated rings. The number of benzene rings is 1. The molecule has 0 saturated carbocycles. The molecule has 0 N–H and O–H groups in total. The van der Waals surface area contributed by atoms with Crippen LogP contribution in [0.3, 0.4) is 0 Å². The minimum absolute atomic E-state index is 0.194. The quantitative estimate of drug-likeness (QED) is 0.590. The van der Waals surface area contributed by atoms with Gasteiger partial charge in [-0.2, -0.15) is 0 Å². The highest BCUT2D eigenvalue weighted by Crippen LogP contribution is 2.01. The maximum atomic E-state index is 10.2. The third kappa shape index (κ3) is 8.17. The molecule has 0 aliphatic heterocycles. The van der Waals surface area contributed by atoms with Gasteiger partial charge in [-0.05, 0) is 5.56 Å². The van der Waals surface area contributed by atoms with Gasteiger partial charge < -0.3 is 4.74 Å². The normalized spacial score (nSPS) is 8.50. The van der Waals surface area contributed by atoms with Crippen molar-refractivity contribution in [3.05, 3.63) is 35.9 Å². The molecule has 0 heterocycles. The predicted molar refractivity (Wildman–Crippen MR) is 59.1 cm³/mol. The highest BCUT2D eigenvalue weighted by atomic mass is 35.5. The van der Waals surface area contributed by atoms with Crippen molar-refractivity contribution < 1.29 is 9.53 Å². The molecule has 5 heteroatoms.